The first kappa shape index (κ1) is 22.4. The van der Waals surface area contributed by atoms with E-state index >= 15 is 0 Å². The highest BCUT2D eigenvalue weighted by atomic mass is 16.5. The van der Waals surface area contributed by atoms with Crippen LogP contribution in [0, 0.1) is 0 Å². The quantitative estimate of drug-likeness (QED) is 0.325. The first-order valence-electron chi connectivity index (χ1n) is 9.92. The number of amides is 2. The number of Topliss-reactive ketones (excluding diaryl/α,β-unsaturated/α-hetero) is 1. The fraction of sp³-hybridized carbons (Fsp3) is 0.120. The van der Waals surface area contributed by atoms with E-state index in [2.05, 4.69) is 10.6 Å². The smallest absolute Gasteiger partial charge is 0.328 e. The summed E-state index contributed by atoms with van der Waals surface area (Å²) in [5.74, 6) is -2.93. The molecule has 3 rings (SSSR count). The van der Waals surface area contributed by atoms with Gasteiger partial charge < -0.3 is 15.4 Å². The Morgan fingerprint density at radius 2 is 1.41 bits per heavy atom. The number of rotatable bonds is 8. The van der Waals surface area contributed by atoms with E-state index in [1.165, 1.54) is 19.2 Å². The van der Waals surface area contributed by atoms with Gasteiger partial charge in [0.1, 0.15) is 6.04 Å². The topological polar surface area (TPSA) is 102 Å². The number of carbonyl (C=O) groups excluding carboxylic acids is 4. The van der Waals surface area contributed by atoms with Crippen molar-refractivity contribution in [2.45, 2.75) is 12.5 Å². The molecule has 2 N–H and O–H groups in total. The van der Waals surface area contributed by atoms with Gasteiger partial charge in [0, 0.05) is 12.0 Å². The lowest BCUT2D eigenvalue weighted by Gasteiger charge is -2.17. The van der Waals surface area contributed by atoms with Crippen LogP contribution in [0.15, 0.2) is 84.9 Å². The van der Waals surface area contributed by atoms with Crippen molar-refractivity contribution in [1.29, 1.82) is 0 Å². The van der Waals surface area contributed by atoms with Crippen molar-refractivity contribution in [3.8, 4) is 0 Å². The molecule has 0 heterocycles. The van der Waals surface area contributed by atoms with Crippen molar-refractivity contribution in [2.24, 2.45) is 0 Å². The van der Waals surface area contributed by atoms with Crippen LogP contribution in [0.2, 0.25) is 0 Å². The van der Waals surface area contributed by atoms with E-state index in [-0.39, 0.29) is 17.7 Å². The molecule has 2 amide bonds. The molecule has 162 valence electrons. The number of ketones is 1. The molecule has 7 nitrogen and oxygen atoms in total. The second kappa shape index (κ2) is 10.7. The third-order valence-corrected chi connectivity index (χ3v) is 4.74. The molecule has 3 aromatic carbocycles. The van der Waals surface area contributed by atoms with Gasteiger partial charge in [-0.2, -0.15) is 0 Å². The Bertz CT molecular complexity index is 1110. The SMILES string of the molecule is COC(=O)C(Cc1ccccc1)NC(=O)C(=O)c1ccccc1NC(=O)c1ccccc1. The lowest BCUT2D eigenvalue weighted by atomic mass is 10.0. The molecule has 0 aliphatic heterocycles. The van der Waals surface area contributed by atoms with Crippen LogP contribution in [0.5, 0.6) is 0 Å². The van der Waals surface area contributed by atoms with Crippen LogP contribution < -0.4 is 10.6 Å². The fourth-order valence-electron chi connectivity index (χ4n) is 3.11. The predicted molar refractivity (Wildman–Crippen MR) is 119 cm³/mol. The number of hydrogen-bond acceptors (Lipinski definition) is 5. The van der Waals surface area contributed by atoms with Gasteiger partial charge in [0.15, 0.2) is 0 Å². The average Bonchev–Trinajstić information content (AvgIpc) is 2.84. The zero-order valence-corrected chi connectivity index (χ0v) is 17.4. The number of ether oxygens (including phenoxy) is 1. The zero-order valence-electron chi connectivity index (χ0n) is 17.4. The maximum atomic E-state index is 12.9. The number of anilines is 1. The van der Waals surface area contributed by atoms with Crippen LogP contribution >= 0.6 is 0 Å². The van der Waals surface area contributed by atoms with Crippen LogP contribution in [-0.4, -0.2) is 36.7 Å². The molecule has 0 aliphatic carbocycles. The normalized spacial score (nSPS) is 11.2. The first-order chi connectivity index (χ1) is 15.5. The van der Waals surface area contributed by atoms with E-state index in [0.717, 1.165) is 5.56 Å². The summed E-state index contributed by atoms with van der Waals surface area (Å²) in [6.45, 7) is 0. The second-order valence-corrected chi connectivity index (χ2v) is 6.93. The number of esters is 1. The molecule has 0 spiro atoms. The van der Waals surface area contributed by atoms with Crippen molar-refractivity contribution in [3.63, 3.8) is 0 Å². The number of hydrogen-bond donors (Lipinski definition) is 2. The predicted octanol–water partition coefficient (Wildman–Crippen LogP) is 3.02. The third-order valence-electron chi connectivity index (χ3n) is 4.74. The van der Waals surface area contributed by atoms with Gasteiger partial charge in [-0.3, -0.25) is 14.4 Å². The highest BCUT2D eigenvalue weighted by molar-refractivity contribution is 6.44. The Hall–Kier alpha value is -4.26. The van der Waals surface area contributed by atoms with E-state index in [0.29, 0.717) is 5.56 Å². The van der Waals surface area contributed by atoms with E-state index in [1.807, 2.05) is 18.2 Å². The van der Waals surface area contributed by atoms with Crippen molar-refractivity contribution in [2.75, 3.05) is 12.4 Å². The summed E-state index contributed by atoms with van der Waals surface area (Å²) >= 11 is 0. The number of carbonyl (C=O) groups is 4. The summed E-state index contributed by atoms with van der Waals surface area (Å²) in [5.41, 5.74) is 1.41. The molecule has 1 atom stereocenters. The minimum absolute atomic E-state index is 0.0117. The maximum Gasteiger partial charge on any atom is 0.328 e. The van der Waals surface area contributed by atoms with Crippen molar-refractivity contribution >= 4 is 29.3 Å². The van der Waals surface area contributed by atoms with E-state index in [9.17, 15) is 19.2 Å². The van der Waals surface area contributed by atoms with Crippen LogP contribution in [0.25, 0.3) is 0 Å². The number of nitrogens with one attached hydrogen (secondary N) is 2. The number of benzene rings is 3. The summed E-state index contributed by atoms with van der Waals surface area (Å²) in [7, 11) is 1.21. The van der Waals surface area contributed by atoms with Crippen molar-refractivity contribution in [1.82, 2.24) is 5.32 Å². The van der Waals surface area contributed by atoms with Gasteiger partial charge in [-0.05, 0) is 29.8 Å². The summed E-state index contributed by atoms with van der Waals surface area (Å²) in [5, 5.41) is 5.11. The molecule has 3 aromatic rings. The Kier molecular flexibility index (Phi) is 7.48. The summed E-state index contributed by atoms with van der Waals surface area (Å²) in [6, 6.07) is 22.7. The maximum absolute atomic E-state index is 12.9. The van der Waals surface area contributed by atoms with Crippen LogP contribution in [0.4, 0.5) is 5.69 Å². The van der Waals surface area contributed by atoms with Crippen molar-refractivity contribution in [3.05, 3.63) is 102 Å². The standard InChI is InChI=1S/C25H22N2O5/c1-32-25(31)21(16-17-10-4-2-5-11-17)27-24(30)22(28)19-14-8-9-15-20(19)26-23(29)18-12-6-3-7-13-18/h2-15,21H,16H2,1H3,(H,26,29)(H,27,30). The Morgan fingerprint density at radius 1 is 0.812 bits per heavy atom. The Balaban J connectivity index is 1.76. The molecular formula is C25H22N2O5. The third kappa shape index (κ3) is 5.66. The molecule has 32 heavy (non-hydrogen) atoms. The van der Waals surface area contributed by atoms with E-state index < -0.39 is 29.6 Å². The van der Waals surface area contributed by atoms with Gasteiger partial charge >= 0.3 is 5.97 Å². The molecule has 1 unspecified atom stereocenters. The Labute approximate surface area is 185 Å². The molecule has 0 aromatic heterocycles. The fourth-order valence-corrected chi connectivity index (χ4v) is 3.11. The van der Waals surface area contributed by atoms with Gasteiger partial charge in [0.2, 0.25) is 0 Å². The zero-order chi connectivity index (χ0) is 22.9. The van der Waals surface area contributed by atoms with Gasteiger partial charge in [-0.1, -0.05) is 60.7 Å². The molecule has 0 radical (unpaired) electrons. The molecule has 0 aliphatic rings. The van der Waals surface area contributed by atoms with E-state index in [1.54, 1.807) is 54.6 Å². The lowest BCUT2D eigenvalue weighted by molar-refractivity contribution is -0.144. The average molecular weight is 430 g/mol. The van der Waals surface area contributed by atoms with Crippen LogP contribution in [-0.2, 0) is 20.7 Å². The monoisotopic (exact) mass is 430 g/mol. The summed E-state index contributed by atoms with van der Waals surface area (Å²) < 4.78 is 4.77. The van der Waals surface area contributed by atoms with Gasteiger partial charge in [0.25, 0.3) is 17.6 Å². The van der Waals surface area contributed by atoms with Gasteiger partial charge in [-0.25, -0.2) is 4.79 Å². The summed E-state index contributed by atoms with van der Waals surface area (Å²) in [4.78, 5) is 50.2. The highest BCUT2D eigenvalue weighted by Crippen LogP contribution is 2.17. The molecule has 7 heteroatoms. The van der Waals surface area contributed by atoms with Crippen molar-refractivity contribution < 1.29 is 23.9 Å². The summed E-state index contributed by atoms with van der Waals surface area (Å²) in [6.07, 6.45) is 0.166. The number of methoxy groups -OCH3 is 1. The largest absolute Gasteiger partial charge is 0.467 e. The molecule has 0 saturated carbocycles. The molecular weight excluding hydrogens is 408 g/mol. The molecule has 0 bridgehead atoms. The second-order valence-electron chi connectivity index (χ2n) is 6.93. The minimum Gasteiger partial charge on any atom is -0.467 e. The molecule has 0 saturated heterocycles. The van der Waals surface area contributed by atoms with Gasteiger partial charge in [-0.15, -0.1) is 0 Å². The Morgan fingerprint density at radius 3 is 2.06 bits per heavy atom. The van der Waals surface area contributed by atoms with Crippen LogP contribution in [0.1, 0.15) is 26.3 Å². The van der Waals surface area contributed by atoms with Crippen LogP contribution in [0.3, 0.4) is 0 Å². The van der Waals surface area contributed by atoms with Gasteiger partial charge in [0.05, 0.1) is 18.4 Å². The highest BCUT2D eigenvalue weighted by Gasteiger charge is 2.27. The first-order valence-corrected chi connectivity index (χ1v) is 9.92. The minimum atomic E-state index is -1.04. The van der Waals surface area contributed by atoms with E-state index in [4.69, 9.17) is 4.74 Å². The lowest BCUT2D eigenvalue weighted by Crippen LogP contribution is -2.46. The molecule has 0 fully saturated rings. The number of para-hydroxylation sites is 1.